The van der Waals surface area contributed by atoms with Gasteiger partial charge in [-0.2, -0.15) is 0 Å². The number of rotatable bonds is 1. The average Bonchev–Trinajstić information content (AvgIpc) is 3.06. The summed E-state index contributed by atoms with van der Waals surface area (Å²) in [6.45, 7) is 0. The summed E-state index contributed by atoms with van der Waals surface area (Å²) in [6.07, 6.45) is 4.36. The molecule has 0 N–H and O–H groups in total. The van der Waals surface area contributed by atoms with Gasteiger partial charge in [0.05, 0.1) is 15.6 Å². The van der Waals surface area contributed by atoms with E-state index in [0.717, 1.165) is 20.1 Å². The van der Waals surface area contributed by atoms with Gasteiger partial charge in [-0.15, -0.1) is 0 Å². The Balaban J connectivity index is 2.14. The van der Waals surface area contributed by atoms with Crippen molar-refractivity contribution in [2.45, 2.75) is 23.8 Å². The summed E-state index contributed by atoms with van der Waals surface area (Å²) in [5.74, 6) is 0. The molecule has 0 unspecified atom stereocenters. The lowest BCUT2D eigenvalue weighted by molar-refractivity contribution is 0.996. The number of anilines is 1. The second-order valence-electron chi connectivity index (χ2n) is 3.66. The summed E-state index contributed by atoms with van der Waals surface area (Å²) in [5, 5.41) is 0.790. The molecule has 0 amide bonds. The van der Waals surface area contributed by atoms with Crippen LogP contribution in [0.1, 0.15) is 12.8 Å². The Kier molecular flexibility index (Phi) is 2.45. The number of hydrogen-bond donors (Lipinski definition) is 0. The predicted octanol–water partition coefficient (Wildman–Crippen LogP) is 4.12. The minimum Gasteiger partial charge on any atom is -0.326 e. The van der Waals surface area contributed by atoms with Crippen molar-refractivity contribution in [3.8, 4) is 0 Å². The molecular weight excluding hydrogens is 296 g/mol. The van der Waals surface area contributed by atoms with Crippen LogP contribution in [0.5, 0.6) is 0 Å². The van der Waals surface area contributed by atoms with E-state index in [0.29, 0.717) is 6.04 Å². The van der Waals surface area contributed by atoms with E-state index in [1.807, 2.05) is 12.4 Å². The van der Waals surface area contributed by atoms with Crippen molar-refractivity contribution in [1.82, 2.24) is 0 Å². The molecule has 0 bridgehead atoms. The van der Waals surface area contributed by atoms with E-state index in [-0.39, 0.29) is 0 Å². The standard InChI is InChI=1S/C10H8BrClN2S/c11-7-3-4-8-10(9(7)12)14(5-13-15-8)6-1-2-6/h3-6H,1-2H2. The molecular formula is C10H8BrClN2S. The number of benzene rings is 1. The molecule has 1 saturated carbocycles. The van der Waals surface area contributed by atoms with E-state index in [9.17, 15) is 0 Å². The Labute approximate surface area is 106 Å². The number of fused-ring (bicyclic) bond motifs is 1. The van der Waals surface area contributed by atoms with Crippen molar-refractivity contribution in [3.63, 3.8) is 0 Å². The lowest BCUT2D eigenvalue weighted by Gasteiger charge is -2.26. The molecule has 78 valence electrons. The molecule has 0 atom stereocenters. The third-order valence-electron chi connectivity index (χ3n) is 2.55. The Bertz CT molecular complexity index is 445. The van der Waals surface area contributed by atoms with Crippen molar-refractivity contribution >= 4 is 51.5 Å². The molecule has 0 radical (unpaired) electrons. The summed E-state index contributed by atoms with van der Waals surface area (Å²) in [4.78, 5) is 3.33. The van der Waals surface area contributed by atoms with Crippen LogP contribution in [0, 0.1) is 0 Å². The van der Waals surface area contributed by atoms with Crippen LogP contribution in [0.15, 0.2) is 25.9 Å². The highest BCUT2D eigenvalue weighted by Crippen LogP contribution is 2.46. The van der Waals surface area contributed by atoms with Gasteiger partial charge in [-0.25, -0.2) is 4.40 Å². The van der Waals surface area contributed by atoms with Crippen molar-refractivity contribution in [1.29, 1.82) is 0 Å². The predicted molar refractivity (Wildman–Crippen MR) is 69.0 cm³/mol. The highest BCUT2D eigenvalue weighted by Gasteiger charge is 2.33. The van der Waals surface area contributed by atoms with Gasteiger partial charge in [0.1, 0.15) is 6.34 Å². The molecule has 15 heavy (non-hydrogen) atoms. The van der Waals surface area contributed by atoms with E-state index in [1.54, 1.807) is 0 Å². The van der Waals surface area contributed by atoms with Crippen LogP contribution in [0.2, 0.25) is 5.02 Å². The molecule has 1 aliphatic carbocycles. The SMILES string of the molecule is Clc1c(Br)ccc2c1N(C1CC1)C=NS2. The van der Waals surface area contributed by atoms with Crippen LogP contribution in [-0.4, -0.2) is 12.4 Å². The van der Waals surface area contributed by atoms with Crippen molar-refractivity contribution < 1.29 is 0 Å². The minimum absolute atomic E-state index is 0.597. The summed E-state index contributed by atoms with van der Waals surface area (Å²) in [7, 11) is 0. The quantitative estimate of drug-likeness (QED) is 0.725. The first-order valence-electron chi connectivity index (χ1n) is 4.74. The fraction of sp³-hybridized carbons (Fsp3) is 0.300. The summed E-state index contributed by atoms with van der Waals surface area (Å²) >= 11 is 11.3. The molecule has 1 aliphatic heterocycles. The van der Waals surface area contributed by atoms with Gasteiger partial charge in [0, 0.05) is 22.5 Å². The Morgan fingerprint density at radius 2 is 2.27 bits per heavy atom. The molecule has 1 heterocycles. The van der Waals surface area contributed by atoms with Crippen LogP contribution in [0.3, 0.4) is 0 Å². The van der Waals surface area contributed by atoms with Crippen molar-refractivity contribution in [2.75, 3.05) is 4.90 Å². The van der Waals surface area contributed by atoms with E-state index in [2.05, 4.69) is 31.3 Å². The van der Waals surface area contributed by atoms with Crippen LogP contribution in [0.25, 0.3) is 0 Å². The third kappa shape index (κ3) is 1.69. The molecule has 0 spiro atoms. The van der Waals surface area contributed by atoms with Gasteiger partial charge in [-0.1, -0.05) is 11.6 Å². The van der Waals surface area contributed by atoms with E-state index in [4.69, 9.17) is 11.6 Å². The van der Waals surface area contributed by atoms with Gasteiger partial charge in [0.25, 0.3) is 0 Å². The molecule has 5 heteroatoms. The molecule has 1 aromatic carbocycles. The number of halogens is 2. The third-order valence-corrected chi connectivity index (χ3v) is 4.55. The highest BCUT2D eigenvalue weighted by molar-refractivity contribution is 9.10. The maximum absolute atomic E-state index is 6.31. The van der Waals surface area contributed by atoms with Gasteiger partial charge in [0.2, 0.25) is 0 Å². The Morgan fingerprint density at radius 1 is 1.47 bits per heavy atom. The molecule has 1 fully saturated rings. The Hall–Kier alpha value is -0.190. The molecule has 3 rings (SSSR count). The summed E-state index contributed by atoms with van der Waals surface area (Å²) in [6, 6.07) is 4.63. The maximum Gasteiger partial charge on any atom is 0.104 e. The number of hydrogen-bond acceptors (Lipinski definition) is 3. The van der Waals surface area contributed by atoms with Gasteiger partial charge in [-0.3, -0.25) is 0 Å². The minimum atomic E-state index is 0.597. The average molecular weight is 304 g/mol. The molecule has 2 aliphatic rings. The van der Waals surface area contributed by atoms with Crippen molar-refractivity contribution in [2.24, 2.45) is 4.40 Å². The fourth-order valence-corrected chi connectivity index (χ4v) is 2.98. The lowest BCUT2D eigenvalue weighted by Crippen LogP contribution is -2.26. The zero-order chi connectivity index (χ0) is 10.4. The monoisotopic (exact) mass is 302 g/mol. The summed E-state index contributed by atoms with van der Waals surface area (Å²) in [5.41, 5.74) is 1.11. The second kappa shape index (κ2) is 3.68. The highest BCUT2D eigenvalue weighted by atomic mass is 79.9. The zero-order valence-electron chi connectivity index (χ0n) is 7.78. The first kappa shape index (κ1) is 10.00. The summed E-state index contributed by atoms with van der Waals surface area (Å²) < 4.78 is 5.22. The van der Waals surface area contributed by atoms with E-state index >= 15 is 0 Å². The first-order valence-corrected chi connectivity index (χ1v) is 6.68. The van der Waals surface area contributed by atoms with Gasteiger partial charge in [0.15, 0.2) is 0 Å². The lowest BCUT2D eigenvalue weighted by atomic mass is 10.3. The smallest absolute Gasteiger partial charge is 0.104 e. The topological polar surface area (TPSA) is 15.6 Å². The second-order valence-corrected chi connectivity index (χ2v) is 5.72. The van der Waals surface area contributed by atoms with Gasteiger partial charge in [-0.05, 0) is 40.9 Å². The normalized spacial score (nSPS) is 19.2. The Morgan fingerprint density at radius 3 is 3.00 bits per heavy atom. The van der Waals surface area contributed by atoms with Crippen molar-refractivity contribution in [3.05, 3.63) is 21.6 Å². The zero-order valence-corrected chi connectivity index (χ0v) is 10.9. The van der Waals surface area contributed by atoms with Gasteiger partial charge < -0.3 is 4.90 Å². The van der Waals surface area contributed by atoms with E-state index in [1.165, 1.54) is 24.8 Å². The van der Waals surface area contributed by atoms with Gasteiger partial charge >= 0.3 is 0 Å². The van der Waals surface area contributed by atoms with Crippen LogP contribution in [-0.2, 0) is 0 Å². The van der Waals surface area contributed by atoms with Crippen LogP contribution in [0.4, 0.5) is 5.69 Å². The van der Waals surface area contributed by atoms with Crippen LogP contribution < -0.4 is 4.90 Å². The molecule has 0 saturated heterocycles. The molecule has 0 aromatic heterocycles. The van der Waals surface area contributed by atoms with E-state index < -0.39 is 0 Å². The largest absolute Gasteiger partial charge is 0.326 e. The van der Waals surface area contributed by atoms with Crippen LogP contribution >= 0.6 is 39.5 Å². The molecule has 1 aromatic rings. The maximum atomic E-state index is 6.31. The fourth-order valence-electron chi connectivity index (χ4n) is 1.65. The first-order chi connectivity index (χ1) is 7.27. The number of nitrogens with zero attached hydrogens (tertiary/aromatic N) is 2. The molecule has 2 nitrogen and oxygen atoms in total.